The number of nitrogens with zero attached hydrogens (tertiary/aromatic N) is 1. The molecule has 0 spiro atoms. The zero-order valence-corrected chi connectivity index (χ0v) is 13.9. The highest BCUT2D eigenvalue weighted by atomic mass is 19.3. The number of H-pyrrole nitrogens is 1. The van der Waals surface area contributed by atoms with Gasteiger partial charge in [-0.1, -0.05) is 12.1 Å². The van der Waals surface area contributed by atoms with Gasteiger partial charge < -0.3 is 9.72 Å². The number of fused-ring (bicyclic) bond motifs is 1. The minimum atomic E-state index is -2.38. The summed E-state index contributed by atoms with van der Waals surface area (Å²) in [5.74, 6) is 0.0989. The summed E-state index contributed by atoms with van der Waals surface area (Å²) in [6.07, 6.45) is -0.190. The molecule has 1 aromatic heterocycles. The lowest BCUT2D eigenvalue weighted by Crippen LogP contribution is -2.31. The van der Waals surface area contributed by atoms with Crippen molar-refractivity contribution in [3.05, 3.63) is 42.1 Å². The first kappa shape index (κ1) is 18.1. The molecule has 0 saturated heterocycles. The van der Waals surface area contributed by atoms with E-state index in [1.165, 1.54) is 6.92 Å². The number of nitrogens with one attached hydrogen (secondary N) is 1. The van der Waals surface area contributed by atoms with Gasteiger partial charge in [-0.3, -0.25) is 9.69 Å². The van der Waals surface area contributed by atoms with Gasteiger partial charge in [0, 0.05) is 36.6 Å². The SMILES string of the molecule is C=CCN(CCc1c(C)[nH]c2cccc(OC(C)=O)c12)CC(F)F. The Labute approximate surface area is 140 Å². The van der Waals surface area contributed by atoms with E-state index < -0.39 is 12.4 Å². The van der Waals surface area contributed by atoms with Gasteiger partial charge in [-0.15, -0.1) is 6.58 Å². The monoisotopic (exact) mass is 336 g/mol. The minimum Gasteiger partial charge on any atom is -0.426 e. The van der Waals surface area contributed by atoms with Crippen molar-refractivity contribution in [1.82, 2.24) is 9.88 Å². The van der Waals surface area contributed by atoms with Gasteiger partial charge in [0.2, 0.25) is 0 Å². The number of benzene rings is 1. The fourth-order valence-corrected chi connectivity index (χ4v) is 2.87. The van der Waals surface area contributed by atoms with Gasteiger partial charge in [-0.2, -0.15) is 0 Å². The Kier molecular flexibility index (Phi) is 6.09. The van der Waals surface area contributed by atoms with Crippen LogP contribution in [0.1, 0.15) is 18.2 Å². The molecule has 2 rings (SSSR count). The van der Waals surface area contributed by atoms with Gasteiger partial charge in [0.25, 0.3) is 6.43 Å². The van der Waals surface area contributed by atoms with Crippen LogP contribution in [0.25, 0.3) is 10.9 Å². The van der Waals surface area contributed by atoms with Crippen molar-refractivity contribution in [2.75, 3.05) is 19.6 Å². The highest BCUT2D eigenvalue weighted by Crippen LogP contribution is 2.31. The van der Waals surface area contributed by atoms with Crippen LogP contribution in [0, 0.1) is 6.92 Å². The largest absolute Gasteiger partial charge is 0.426 e. The van der Waals surface area contributed by atoms with Crippen LogP contribution in [0.2, 0.25) is 0 Å². The number of hydrogen-bond acceptors (Lipinski definition) is 3. The Morgan fingerprint density at radius 2 is 2.21 bits per heavy atom. The first-order valence-corrected chi connectivity index (χ1v) is 7.82. The predicted octanol–water partition coefficient (Wildman–Crippen LogP) is 3.70. The molecule has 0 saturated carbocycles. The molecule has 2 aromatic rings. The summed E-state index contributed by atoms with van der Waals surface area (Å²) in [6.45, 7) is 7.49. The number of alkyl halides is 2. The quantitative estimate of drug-likeness (QED) is 0.454. The molecule has 0 radical (unpaired) electrons. The second-order valence-corrected chi connectivity index (χ2v) is 5.69. The average Bonchev–Trinajstić information content (AvgIpc) is 2.80. The minimum absolute atomic E-state index is 0.287. The van der Waals surface area contributed by atoms with Crippen molar-refractivity contribution in [1.29, 1.82) is 0 Å². The maximum absolute atomic E-state index is 12.7. The number of carbonyl (C=O) groups is 1. The highest BCUT2D eigenvalue weighted by molar-refractivity contribution is 5.92. The number of rotatable bonds is 8. The van der Waals surface area contributed by atoms with Crippen LogP contribution in [0.4, 0.5) is 8.78 Å². The summed E-state index contributed by atoms with van der Waals surface area (Å²) in [5.41, 5.74) is 2.79. The average molecular weight is 336 g/mol. The van der Waals surface area contributed by atoms with Crippen molar-refractivity contribution in [3.8, 4) is 5.75 Å². The van der Waals surface area contributed by atoms with Crippen LogP contribution in [-0.2, 0) is 11.2 Å². The molecule has 0 aliphatic carbocycles. The molecule has 0 bridgehead atoms. The molecule has 0 aliphatic heterocycles. The van der Waals surface area contributed by atoms with Crippen molar-refractivity contribution in [3.63, 3.8) is 0 Å². The molecule has 1 aromatic carbocycles. The lowest BCUT2D eigenvalue weighted by atomic mass is 10.1. The first-order valence-electron chi connectivity index (χ1n) is 7.82. The summed E-state index contributed by atoms with van der Waals surface area (Å²) in [7, 11) is 0. The second kappa shape index (κ2) is 8.06. The maximum atomic E-state index is 12.7. The topological polar surface area (TPSA) is 45.3 Å². The number of halogens is 2. The van der Waals surface area contributed by atoms with Crippen LogP contribution in [0.15, 0.2) is 30.9 Å². The third-order valence-corrected chi connectivity index (χ3v) is 3.82. The Hall–Kier alpha value is -2.21. The van der Waals surface area contributed by atoms with Gasteiger partial charge in [0.1, 0.15) is 5.75 Å². The Morgan fingerprint density at radius 3 is 2.83 bits per heavy atom. The smallest absolute Gasteiger partial charge is 0.308 e. The van der Waals surface area contributed by atoms with Crippen LogP contribution in [-0.4, -0.2) is 41.9 Å². The van der Waals surface area contributed by atoms with E-state index in [1.807, 2.05) is 13.0 Å². The lowest BCUT2D eigenvalue weighted by molar-refractivity contribution is -0.131. The second-order valence-electron chi connectivity index (χ2n) is 5.69. The van der Waals surface area contributed by atoms with E-state index in [9.17, 15) is 13.6 Å². The molecule has 0 fully saturated rings. The van der Waals surface area contributed by atoms with E-state index >= 15 is 0 Å². The van der Waals surface area contributed by atoms with Crippen LogP contribution < -0.4 is 4.74 Å². The summed E-state index contributed by atoms with van der Waals surface area (Å²) >= 11 is 0. The van der Waals surface area contributed by atoms with Gasteiger partial charge in [-0.25, -0.2) is 8.78 Å². The molecular weight excluding hydrogens is 314 g/mol. The molecule has 6 heteroatoms. The number of aryl methyl sites for hydroxylation is 1. The van der Waals surface area contributed by atoms with Gasteiger partial charge in [-0.05, 0) is 31.0 Å². The molecule has 1 N–H and O–H groups in total. The summed E-state index contributed by atoms with van der Waals surface area (Å²) in [4.78, 5) is 16.2. The molecule has 130 valence electrons. The summed E-state index contributed by atoms with van der Waals surface area (Å²) in [6, 6.07) is 5.45. The molecule has 4 nitrogen and oxygen atoms in total. The number of esters is 1. The van der Waals surface area contributed by atoms with Crippen molar-refractivity contribution in [2.45, 2.75) is 26.7 Å². The van der Waals surface area contributed by atoms with Crippen molar-refractivity contribution in [2.24, 2.45) is 0 Å². The van der Waals surface area contributed by atoms with E-state index in [0.717, 1.165) is 22.2 Å². The normalized spacial score (nSPS) is 11.4. The third-order valence-electron chi connectivity index (χ3n) is 3.82. The van der Waals surface area contributed by atoms with E-state index in [-0.39, 0.29) is 6.54 Å². The maximum Gasteiger partial charge on any atom is 0.308 e. The Bertz CT molecular complexity index is 725. The van der Waals surface area contributed by atoms with Crippen LogP contribution >= 0.6 is 0 Å². The Morgan fingerprint density at radius 1 is 1.46 bits per heavy atom. The zero-order valence-electron chi connectivity index (χ0n) is 13.9. The predicted molar refractivity (Wildman–Crippen MR) is 90.7 cm³/mol. The van der Waals surface area contributed by atoms with Crippen LogP contribution in [0.3, 0.4) is 0 Å². The fraction of sp³-hybridized carbons (Fsp3) is 0.389. The molecular formula is C18H22F2N2O2. The molecule has 0 atom stereocenters. The Balaban J connectivity index is 2.28. The van der Waals surface area contributed by atoms with E-state index in [2.05, 4.69) is 11.6 Å². The molecule has 0 amide bonds. The molecule has 1 heterocycles. The molecule has 0 aliphatic rings. The number of hydrogen-bond donors (Lipinski definition) is 1. The highest BCUT2D eigenvalue weighted by Gasteiger charge is 2.16. The molecule has 24 heavy (non-hydrogen) atoms. The number of aromatic nitrogens is 1. The number of ether oxygens (including phenoxy) is 1. The number of aromatic amines is 1. The van der Waals surface area contributed by atoms with Crippen molar-refractivity contribution < 1.29 is 18.3 Å². The molecule has 0 unspecified atom stereocenters. The van der Waals surface area contributed by atoms with Crippen molar-refractivity contribution >= 4 is 16.9 Å². The number of carbonyl (C=O) groups excluding carboxylic acids is 1. The standard InChI is InChI=1S/C18H22F2N2O2/c1-4-9-22(11-17(19)20)10-8-14-12(2)21-15-6-5-7-16(18(14)15)24-13(3)23/h4-7,17,21H,1,8-11H2,2-3H3. The van der Waals surface area contributed by atoms with E-state index in [1.54, 1.807) is 23.1 Å². The zero-order chi connectivity index (χ0) is 17.7. The summed E-state index contributed by atoms with van der Waals surface area (Å²) in [5, 5.41) is 0.834. The fourth-order valence-electron chi connectivity index (χ4n) is 2.87. The van der Waals surface area contributed by atoms with Gasteiger partial charge in [0.15, 0.2) is 0 Å². The van der Waals surface area contributed by atoms with Gasteiger partial charge >= 0.3 is 5.97 Å². The van der Waals surface area contributed by atoms with E-state index in [4.69, 9.17) is 4.74 Å². The third kappa shape index (κ3) is 4.41. The lowest BCUT2D eigenvalue weighted by Gasteiger charge is -2.20. The van der Waals surface area contributed by atoms with Gasteiger partial charge in [0.05, 0.1) is 6.54 Å². The van der Waals surface area contributed by atoms with E-state index in [0.29, 0.717) is 25.3 Å². The first-order chi connectivity index (χ1) is 11.4. The summed E-state index contributed by atoms with van der Waals surface area (Å²) < 4.78 is 30.6. The van der Waals surface area contributed by atoms with Crippen LogP contribution in [0.5, 0.6) is 5.75 Å².